The van der Waals surface area contributed by atoms with E-state index in [1.807, 2.05) is 18.2 Å². The van der Waals surface area contributed by atoms with Gasteiger partial charge in [0.25, 0.3) is 0 Å². The van der Waals surface area contributed by atoms with Crippen LogP contribution in [0.5, 0.6) is 5.75 Å². The Bertz CT molecular complexity index is 1010. The summed E-state index contributed by atoms with van der Waals surface area (Å²) in [5.41, 5.74) is 2.24. The second-order valence-electron chi connectivity index (χ2n) is 12.3. The predicted octanol–water partition coefficient (Wildman–Crippen LogP) is 4.09. The molecule has 0 spiro atoms. The molecule has 10 heteroatoms. The van der Waals surface area contributed by atoms with Crippen LogP contribution in [0.15, 0.2) is 23.2 Å². The van der Waals surface area contributed by atoms with Crippen LogP contribution in [0.2, 0.25) is 0 Å². The van der Waals surface area contributed by atoms with Crippen LogP contribution in [0.25, 0.3) is 0 Å². The van der Waals surface area contributed by atoms with Gasteiger partial charge in [-0.3, -0.25) is 14.6 Å². The van der Waals surface area contributed by atoms with E-state index in [9.17, 15) is 14.7 Å². The Balaban J connectivity index is 1.42. The van der Waals surface area contributed by atoms with Crippen molar-refractivity contribution in [2.45, 2.75) is 72.3 Å². The van der Waals surface area contributed by atoms with Crippen LogP contribution < -0.4 is 10.1 Å². The third kappa shape index (κ3) is 13.1. The lowest BCUT2D eigenvalue weighted by molar-refractivity contribution is -0.145. The number of aliphatic imine (C=N–C) groups is 1. The topological polar surface area (TPSA) is 119 Å². The Labute approximate surface area is 251 Å². The zero-order chi connectivity index (χ0) is 30.2. The lowest BCUT2D eigenvalue weighted by atomic mass is 9.93. The van der Waals surface area contributed by atoms with Gasteiger partial charge in [-0.05, 0) is 60.8 Å². The first kappa shape index (κ1) is 33.8. The SMILES string of the molecule is CC(C)(C)CCOCCOCCOCCN1Cc2cc(OCCCCC3=NCCCN3)ccc2C[C@@H](CC(=O)O)C1=O. The van der Waals surface area contributed by atoms with Crippen molar-refractivity contribution >= 4 is 17.7 Å². The Morgan fingerprint density at radius 3 is 2.45 bits per heavy atom. The van der Waals surface area contributed by atoms with Gasteiger partial charge in [-0.2, -0.15) is 0 Å². The average molecular weight is 590 g/mol. The molecule has 1 amide bonds. The molecule has 236 valence electrons. The van der Waals surface area contributed by atoms with E-state index >= 15 is 0 Å². The van der Waals surface area contributed by atoms with Crippen LogP contribution in [0.1, 0.15) is 70.4 Å². The van der Waals surface area contributed by atoms with E-state index in [2.05, 4.69) is 31.1 Å². The maximum absolute atomic E-state index is 13.3. The van der Waals surface area contributed by atoms with Crippen LogP contribution >= 0.6 is 0 Å². The molecule has 0 saturated heterocycles. The number of rotatable bonds is 19. The van der Waals surface area contributed by atoms with Crippen molar-refractivity contribution in [3.8, 4) is 5.75 Å². The maximum atomic E-state index is 13.3. The third-order valence-electron chi connectivity index (χ3n) is 7.38. The van der Waals surface area contributed by atoms with Crippen LogP contribution in [0.4, 0.5) is 0 Å². The number of amides is 1. The molecule has 2 aliphatic heterocycles. The molecule has 0 radical (unpaired) electrons. The summed E-state index contributed by atoms with van der Waals surface area (Å²) in [6.45, 7) is 12.9. The van der Waals surface area contributed by atoms with Gasteiger partial charge in [-0.1, -0.05) is 26.8 Å². The van der Waals surface area contributed by atoms with E-state index in [0.717, 1.165) is 74.5 Å². The highest BCUT2D eigenvalue weighted by Crippen LogP contribution is 2.28. The molecule has 0 aliphatic carbocycles. The van der Waals surface area contributed by atoms with Gasteiger partial charge in [0.05, 0.1) is 57.8 Å². The number of nitrogens with one attached hydrogen (secondary N) is 1. The smallest absolute Gasteiger partial charge is 0.304 e. The molecule has 2 heterocycles. The molecule has 0 unspecified atom stereocenters. The number of unbranched alkanes of at least 4 members (excludes halogenated alkanes) is 1. The van der Waals surface area contributed by atoms with E-state index in [1.165, 1.54) is 0 Å². The fourth-order valence-electron chi connectivity index (χ4n) is 4.92. The summed E-state index contributed by atoms with van der Waals surface area (Å²) in [7, 11) is 0. The number of carboxylic acid groups (broad SMARTS) is 1. The normalized spacial score (nSPS) is 17.3. The number of hydrogen-bond acceptors (Lipinski definition) is 8. The predicted molar refractivity (Wildman–Crippen MR) is 162 cm³/mol. The number of amidine groups is 1. The number of benzene rings is 1. The van der Waals surface area contributed by atoms with Crippen molar-refractivity contribution < 1.29 is 33.6 Å². The minimum absolute atomic E-state index is 0.150. The molecule has 1 atom stereocenters. The van der Waals surface area contributed by atoms with Gasteiger partial charge >= 0.3 is 5.97 Å². The highest BCUT2D eigenvalue weighted by molar-refractivity contribution is 5.84. The van der Waals surface area contributed by atoms with Gasteiger partial charge in [0, 0.05) is 39.2 Å². The van der Waals surface area contributed by atoms with Gasteiger partial charge in [0.2, 0.25) is 5.91 Å². The maximum Gasteiger partial charge on any atom is 0.304 e. The van der Waals surface area contributed by atoms with Gasteiger partial charge in [0.15, 0.2) is 0 Å². The molecule has 0 fully saturated rings. The molecule has 2 N–H and O–H groups in total. The highest BCUT2D eigenvalue weighted by atomic mass is 16.5. The number of fused-ring (bicyclic) bond motifs is 1. The van der Waals surface area contributed by atoms with Crippen LogP contribution in [-0.2, 0) is 36.8 Å². The van der Waals surface area contributed by atoms with Crippen molar-refractivity contribution in [2.24, 2.45) is 16.3 Å². The minimum Gasteiger partial charge on any atom is -0.494 e. The monoisotopic (exact) mass is 589 g/mol. The molecule has 1 aromatic carbocycles. The second kappa shape index (κ2) is 18.1. The van der Waals surface area contributed by atoms with Gasteiger partial charge in [-0.25, -0.2) is 0 Å². The highest BCUT2D eigenvalue weighted by Gasteiger charge is 2.31. The molecule has 0 aromatic heterocycles. The first-order valence-electron chi connectivity index (χ1n) is 15.5. The Morgan fingerprint density at radius 2 is 1.76 bits per heavy atom. The van der Waals surface area contributed by atoms with Crippen molar-refractivity contribution in [3.05, 3.63) is 29.3 Å². The van der Waals surface area contributed by atoms with Crippen LogP contribution in [0, 0.1) is 11.3 Å². The number of carboxylic acids is 1. The minimum atomic E-state index is -0.970. The molecule has 10 nitrogen and oxygen atoms in total. The molecular weight excluding hydrogens is 538 g/mol. The standard InChI is InChI=1S/C32H51N3O7/c1-32(2,3)10-15-39-17-19-41-20-18-40-16-13-35-24-27-22-28(42-14-5-4-7-29-33-11-6-12-34-29)9-8-25(27)21-26(31(35)38)23-30(36)37/h8-9,22,26H,4-7,10-21,23-24H2,1-3H3,(H,33,34)(H,36,37)/t26-/m0/s1. The van der Waals surface area contributed by atoms with E-state index in [1.54, 1.807) is 4.90 Å². The molecule has 42 heavy (non-hydrogen) atoms. The van der Waals surface area contributed by atoms with Crippen molar-refractivity contribution in [2.75, 3.05) is 65.9 Å². The van der Waals surface area contributed by atoms with E-state index < -0.39 is 11.9 Å². The summed E-state index contributed by atoms with van der Waals surface area (Å²) >= 11 is 0. The van der Waals surface area contributed by atoms with Crippen molar-refractivity contribution in [3.63, 3.8) is 0 Å². The first-order chi connectivity index (χ1) is 20.2. The third-order valence-corrected chi connectivity index (χ3v) is 7.38. The fraction of sp³-hybridized carbons (Fsp3) is 0.719. The van der Waals surface area contributed by atoms with Gasteiger partial charge in [0.1, 0.15) is 5.75 Å². The molecule has 0 saturated carbocycles. The summed E-state index contributed by atoms with van der Waals surface area (Å²) in [5.74, 6) is 0.139. The van der Waals surface area contributed by atoms with E-state index in [4.69, 9.17) is 18.9 Å². The Kier molecular flexibility index (Phi) is 14.6. The lowest BCUT2D eigenvalue weighted by Crippen LogP contribution is -2.37. The van der Waals surface area contributed by atoms with E-state index in [0.29, 0.717) is 59.2 Å². The van der Waals surface area contributed by atoms with Crippen molar-refractivity contribution in [1.82, 2.24) is 10.2 Å². The molecule has 2 aliphatic rings. The number of carbonyl (C=O) groups excluding carboxylic acids is 1. The average Bonchev–Trinajstić information content (AvgIpc) is 3.07. The Morgan fingerprint density at radius 1 is 1.02 bits per heavy atom. The number of ether oxygens (including phenoxy) is 4. The first-order valence-corrected chi connectivity index (χ1v) is 15.5. The zero-order valence-electron chi connectivity index (χ0n) is 25.8. The molecule has 3 rings (SSSR count). The number of hydrogen-bond donors (Lipinski definition) is 2. The van der Waals surface area contributed by atoms with Crippen LogP contribution in [0.3, 0.4) is 0 Å². The van der Waals surface area contributed by atoms with E-state index in [-0.39, 0.29) is 17.7 Å². The summed E-state index contributed by atoms with van der Waals surface area (Å²) in [4.78, 5) is 31.0. The molecular formula is C32H51N3O7. The fourth-order valence-corrected chi connectivity index (χ4v) is 4.92. The summed E-state index contributed by atoms with van der Waals surface area (Å²) in [6, 6.07) is 5.88. The number of carbonyl (C=O) groups is 2. The molecule has 0 bridgehead atoms. The molecule has 1 aromatic rings. The summed E-state index contributed by atoms with van der Waals surface area (Å²) in [6.07, 6.45) is 5.18. The Hall–Kier alpha value is -2.69. The number of aliphatic carboxylic acids is 1. The summed E-state index contributed by atoms with van der Waals surface area (Å²) < 4.78 is 22.9. The van der Waals surface area contributed by atoms with Crippen molar-refractivity contribution in [1.29, 1.82) is 0 Å². The van der Waals surface area contributed by atoms with Crippen LogP contribution in [-0.4, -0.2) is 93.6 Å². The number of nitrogens with zero attached hydrogens (tertiary/aromatic N) is 2. The van der Waals surface area contributed by atoms with Gasteiger partial charge in [-0.15, -0.1) is 0 Å². The lowest BCUT2D eigenvalue weighted by Gasteiger charge is -2.24. The second-order valence-corrected chi connectivity index (χ2v) is 12.3. The summed E-state index contributed by atoms with van der Waals surface area (Å²) in [5, 5.41) is 12.8. The van der Waals surface area contributed by atoms with Gasteiger partial charge < -0.3 is 34.3 Å². The largest absolute Gasteiger partial charge is 0.494 e. The zero-order valence-corrected chi connectivity index (χ0v) is 25.8. The quantitative estimate of drug-likeness (QED) is 0.232.